The maximum atomic E-state index is 6.00. The minimum absolute atomic E-state index is 0.561. The van der Waals surface area contributed by atoms with Gasteiger partial charge in [0.05, 0.1) is 12.7 Å². The molecule has 2 fully saturated rings. The Morgan fingerprint density at radius 2 is 1.80 bits per heavy atom. The van der Waals surface area contributed by atoms with Gasteiger partial charge in [-0.25, -0.2) is 0 Å². The highest BCUT2D eigenvalue weighted by molar-refractivity contribution is 4.78. The van der Waals surface area contributed by atoms with Crippen molar-refractivity contribution >= 4 is 0 Å². The Hall–Kier alpha value is -0.0800. The Bertz CT molecular complexity index is 248. The van der Waals surface area contributed by atoms with Crippen LogP contribution >= 0.6 is 0 Å². The molecule has 2 nitrogen and oxygen atoms in total. The highest BCUT2D eigenvalue weighted by Crippen LogP contribution is 2.29. The van der Waals surface area contributed by atoms with Gasteiger partial charge in [0.25, 0.3) is 0 Å². The topological polar surface area (TPSA) is 21.3 Å². The molecule has 0 aliphatic heterocycles. The normalized spacial score (nSPS) is 28.9. The summed E-state index contributed by atoms with van der Waals surface area (Å²) >= 11 is 0. The van der Waals surface area contributed by atoms with E-state index in [2.05, 4.69) is 19.2 Å². The molecule has 0 aromatic heterocycles. The van der Waals surface area contributed by atoms with Crippen molar-refractivity contribution in [3.63, 3.8) is 0 Å². The van der Waals surface area contributed by atoms with Crippen LogP contribution in [0.2, 0.25) is 0 Å². The van der Waals surface area contributed by atoms with Crippen LogP contribution in [-0.4, -0.2) is 25.3 Å². The maximum absolute atomic E-state index is 6.00. The lowest BCUT2D eigenvalue weighted by atomic mass is 9.81. The third kappa shape index (κ3) is 6.13. The van der Waals surface area contributed by atoms with Gasteiger partial charge >= 0.3 is 0 Å². The largest absolute Gasteiger partial charge is 0.377 e. The zero-order valence-electron chi connectivity index (χ0n) is 13.7. The smallest absolute Gasteiger partial charge is 0.0594 e. The summed E-state index contributed by atoms with van der Waals surface area (Å²) in [4.78, 5) is 0. The van der Waals surface area contributed by atoms with Gasteiger partial charge in [0, 0.05) is 12.6 Å². The summed E-state index contributed by atoms with van der Waals surface area (Å²) in [6.07, 6.45) is 14.3. The van der Waals surface area contributed by atoms with Crippen LogP contribution < -0.4 is 5.32 Å². The Morgan fingerprint density at radius 3 is 2.55 bits per heavy atom. The Labute approximate surface area is 126 Å². The van der Waals surface area contributed by atoms with Crippen molar-refractivity contribution in [2.75, 3.05) is 13.2 Å². The lowest BCUT2D eigenvalue weighted by Crippen LogP contribution is -2.37. The SMILES string of the molecule is CC(C)CC1CCCC(NCCOC2CCCCC2)C1. The minimum Gasteiger partial charge on any atom is -0.377 e. The molecular weight excluding hydrogens is 246 g/mol. The molecule has 0 heterocycles. The second kappa shape index (κ2) is 9.04. The van der Waals surface area contributed by atoms with Crippen molar-refractivity contribution in [2.24, 2.45) is 11.8 Å². The fourth-order valence-corrected chi connectivity index (χ4v) is 4.08. The van der Waals surface area contributed by atoms with Crippen molar-refractivity contribution in [2.45, 2.75) is 90.2 Å². The number of hydrogen-bond donors (Lipinski definition) is 1. The van der Waals surface area contributed by atoms with Crippen molar-refractivity contribution in [1.29, 1.82) is 0 Å². The second-order valence-corrected chi connectivity index (χ2v) is 7.44. The van der Waals surface area contributed by atoms with Crippen molar-refractivity contribution in [3.8, 4) is 0 Å². The van der Waals surface area contributed by atoms with Crippen molar-refractivity contribution in [1.82, 2.24) is 5.32 Å². The number of rotatable bonds is 7. The molecule has 0 radical (unpaired) electrons. The van der Waals surface area contributed by atoms with Crippen LogP contribution in [0.3, 0.4) is 0 Å². The third-order valence-corrected chi connectivity index (χ3v) is 5.03. The van der Waals surface area contributed by atoms with Crippen LogP contribution in [0.5, 0.6) is 0 Å². The predicted octanol–water partition coefficient (Wildman–Crippen LogP) is 4.53. The van der Waals surface area contributed by atoms with Crippen molar-refractivity contribution in [3.05, 3.63) is 0 Å². The lowest BCUT2D eigenvalue weighted by molar-refractivity contribution is 0.0285. The van der Waals surface area contributed by atoms with Crippen LogP contribution in [0.25, 0.3) is 0 Å². The molecule has 0 saturated heterocycles. The predicted molar refractivity (Wildman–Crippen MR) is 86.0 cm³/mol. The monoisotopic (exact) mass is 281 g/mol. The molecule has 2 saturated carbocycles. The first-order chi connectivity index (χ1) is 9.74. The Balaban J connectivity index is 1.54. The van der Waals surface area contributed by atoms with Gasteiger partial charge < -0.3 is 10.1 Å². The van der Waals surface area contributed by atoms with E-state index in [-0.39, 0.29) is 0 Å². The summed E-state index contributed by atoms with van der Waals surface area (Å²) in [5.41, 5.74) is 0. The van der Waals surface area contributed by atoms with Gasteiger partial charge in [-0.05, 0) is 43.9 Å². The number of nitrogens with one attached hydrogen (secondary N) is 1. The van der Waals surface area contributed by atoms with Crippen LogP contribution in [-0.2, 0) is 4.74 Å². The highest BCUT2D eigenvalue weighted by Gasteiger charge is 2.22. The van der Waals surface area contributed by atoms with Crippen LogP contribution in [0, 0.1) is 11.8 Å². The molecular formula is C18H35NO. The fraction of sp³-hybridized carbons (Fsp3) is 1.00. The van der Waals surface area contributed by atoms with E-state index in [1.165, 1.54) is 64.2 Å². The quantitative estimate of drug-likeness (QED) is 0.692. The van der Waals surface area contributed by atoms with E-state index in [1.807, 2.05) is 0 Å². The first-order valence-electron chi connectivity index (χ1n) is 9.09. The number of ether oxygens (including phenoxy) is 1. The summed E-state index contributed by atoms with van der Waals surface area (Å²) in [6.45, 7) is 6.68. The molecule has 0 bridgehead atoms. The molecule has 0 spiro atoms. The van der Waals surface area contributed by atoms with Gasteiger partial charge in [0.2, 0.25) is 0 Å². The van der Waals surface area contributed by atoms with Gasteiger partial charge in [0.15, 0.2) is 0 Å². The van der Waals surface area contributed by atoms with Crippen molar-refractivity contribution < 1.29 is 4.74 Å². The van der Waals surface area contributed by atoms with E-state index in [9.17, 15) is 0 Å². The summed E-state index contributed by atoms with van der Waals surface area (Å²) < 4.78 is 6.00. The Kier molecular flexibility index (Phi) is 7.37. The molecule has 2 heteroatoms. The average Bonchev–Trinajstić information content (AvgIpc) is 2.44. The molecule has 20 heavy (non-hydrogen) atoms. The molecule has 2 aliphatic rings. The van der Waals surface area contributed by atoms with E-state index in [4.69, 9.17) is 4.74 Å². The summed E-state index contributed by atoms with van der Waals surface area (Å²) in [5, 5.41) is 3.74. The molecule has 118 valence electrons. The van der Waals surface area contributed by atoms with E-state index < -0.39 is 0 Å². The summed E-state index contributed by atoms with van der Waals surface area (Å²) in [5.74, 6) is 1.81. The number of hydrogen-bond acceptors (Lipinski definition) is 2. The summed E-state index contributed by atoms with van der Waals surface area (Å²) in [7, 11) is 0. The fourth-order valence-electron chi connectivity index (χ4n) is 4.08. The summed E-state index contributed by atoms with van der Waals surface area (Å²) in [6, 6.07) is 0.752. The average molecular weight is 281 g/mol. The van der Waals surface area contributed by atoms with Crippen LogP contribution in [0.1, 0.15) is 78.1 Å². The lowest BCUT2D eigenvalue weighted by Gasteiger charge is -2.31. The van der Waals surface area contributed by atoms with E-state index in [0.29, 0.717) is 6.10 Å². The van der Waals surface area contributed by atoms with Gasteiger partial charge in [-0.3, -0.25) is 0 Å². The first-order valence-corrected chi connectivity index (χ1v) is 9.09. The maximum Gasteiger partial charge on any atom is 0.0594 e. The second-order valence-electron chi connectivity index (χ2n) is 7.44. The van der Waals surface area contributed by atoms with Gasteiger partial charge in [-0.2, -0.15) is 0 Å². The molecule has 0 aromatic carbocycles. The third-order valence-electron chi connectivity index (χ3n) is 5.03. The van der Waals surface area contributed by atoms with Gasteiger partial charge in [-0.15, -0.1) is 0 Å². The molecule has 2 unspecified atom stereocenters. The molecule has 1 N–H and O–H groups in total. The Morgan fingerprint density at radius 1 is 1.00 bits per heavy atom. The van der Waals surface area contributed by atoms with E-state index in [1.54, 1.807) is 0 Å². The zero-order valence-corrected chi connectivity index (χ0v) is 13.7. The van der Waals surface area contributed by atoms with Crippen LogP contribution in [0.4, 0.5) is 0 Å². The highest BCUT2D eigenvalue weighted by atomic mass is 16.5. The molecule has 2 rings (SSSR count). The van der Waals surface area contributed by atoms with Gasteiger partial charge in [0.1, 0.15) is 0 Å². The molecule has 0 aromatic rings. The van der Waals surface area contributed by atoms with Crippen LogP contribution in [0.15, 0.2) is 0 Å². The molecule has 2 atom stereocenters. The molecule has 0 amide bonds. The first kappa shape index (κ1) is 16.3. The minimum atomic E-state index is 0.561. The molecule has 2 aliphatic carbocycles. The zero-order chi connectivity index (χ0) is 14.2. The van der Waals surface area contributed by atoms with Gasteiger partial charge in [-0.1, -0.05) is 46.0 Å². The van der Waals surface area contributed by atoms with E-state index in [0.717, 1.165) is 31.0 Å². The van der Waals surface area contributed by atoms with E-state index >= 15 is 0 Å². The standard InChI is InChI=1S/C18H35NO/c1-15(2)13-16-7-6-8-17(14-16)19-11-12-20-18-9-4-3-5-10-18/h15-19H,3-14H2,1-2H3.